The summed E-state index contributed by atoms with van der Waals surface area (Å²) in [5.74, 6) is -3.54. The van der Waals surface area contributed by atoms with Gasteiger partial charge >= 0.3 is 12.0 Å². The van der Waals surface area contributed by atoms with Crippen molar-refractivity contribution in [1.82, 2.24) is 21.2 Å². The largest absolute Gasteiger partial charge is 0.352 e. The Hall–Kier alpha value is -5.77. The van der Waals surface area contributed by atoms with Crippen LogP contribution in [0.15, 0.2) is 54.6 Å². The van der Waals surface area contributed by atoms with Gasteiger partial charge in [-0.1, -0.05) is 87.7 Å². The molecule has 2 atom stereocenters. The molecule has 0 saturated carbocycles. The molecule has 1 saturated heterocycles. The highest BCUT2D eigenvalue weighted by Gasteiger charge is 2.33. The molecular formula is C46H63N5O11. The van der Waals surface area contributed by atoms with Crippen molar-refractivity contribution in [2.75, 3.05) is 6.54 Å². The first kappa shape index (κ1) is 50.6. The van der Waals surface area contributed by atoms with Crippen LogP contribution >= 0.6 is 0 Å². The summed E-state index contributed by atoms with van der Waals surface area (Å²) in [6, 6.07) is 15.2. The fraction of sp³-hybridized carbons (Fsp3) is 0.543. The lowest BCUT2D eigenvalue weighted by Crippen LogP contribution is -2.46. The third-order valence-corrected chi connectivity index (χ3v) is 10.5. The Kier molecular flexibility index (Phi) is 22.8. The molecule has 5 N–H and O–H groups in total. The van der Waals surface area contributed by atoms with E-state index in [-0.39, 0.29) is 87.3 Å². The average molecular weight is 862 g/mol. The highest BCUT2D eigenvalue weighted by molar-refractivity contribution is 6.01. The molecular weight excluding hydrogens is 799 g/mol. The number of unbranched alkanes of at least 4 members (excludes halogenated alkanes) is 5. The van der Waals surface area contributed by atoms with E-state index in [1.54, 1.807) is 24.3 Å². The molecule has 1 heterocycles. The van der Waals surface area contributed by atoms with Gasteiger partial charge in [0.1, 0.15) is 11.6 Å². The molecule has 3 rings (SSSR count). The van der Waals surface area contributed by atoms with Crippen molar-refractivity contribution in [1.29, 1.82) is 0 Å². The Morgan fingerprint density at radius 1 is 0.694 bits per heavy atom. The maximum absolute atomic E-state index is 13.6. The van der Waals surface area contributed by atoms with E-state index in [1.807, 2.05) is 44.2 Å². The van der Waals surface area contributed by atoms with Crippen LogP contribution in [0.1, 0.15) is 133 Å². The van der Waals surface area contributed by atoms with Crippen LogP contribution in [0.5, 0.6) is 0 Å². The number of urea groups is 1. The minimum atomic E-state index is -0.889. The quantitative estimate of drug-likeness (QED) is 0.0436. The smallest absolute Gasteiger partial charge is 0.333 e. The van der Waals surface area contributed by atoms with E-state index in [2.05, 4.69) is 16.1 Å². The summed E-state index contributed by atoms with van der Waals surface area (Å²) in [4.78, 5) is 121. The first-order chi connectivity index (χ1) is 29.7. The molecule has 1 aliphatic rings. The number of nitrogens with two attached hydrogens (primary N) is 1. The van der Waals surface area contributed by atoms with Crippen molar-refractivity contribution in [3.05, 3.63) is 71.3 Å². The van der Waals surface area contributed by atoms with Crippen molar-refractivity contribution in [3.63, 3.8) is 0 Å². The van der Waals surface area contributed by atoms with Gasteiger partial charge in [0.2, 0.25) is 11.8 Å². The van der Waals surface area contributed by atoms with Crippen LogP contribution in [0.3, 0.4) is 0 Å². The average Bonchev–Trinajstić information content (AvgIpc) is 3.54. The Bertz CT molecular complexity index is 1800. The number of carbonyl (C=O) groups is 9. The molecule has 16 heteroatoms. The molecule has 1 fully saturated rings. The van der Waals surface area contributed by atoms with E-state index in [9.17, 15) is 43.2 Å². The van der Waals surface area contributed by atoms with Gasteiger partial charge in [-0.25, -0.2) is 15.1 Å². The molecule has 1 aliphatic heterocycles. The third-order valence-electron chi connectivity index (χ3n) is 10.5. The van der Waals surface area contributed by atoms with Crippen molar-refractivity contribution in [2.24, 2.45) is 17.6 Å². The Balaban J connectivity index is 1.39. The van der Waals surface area contributed by atoms with E-state index < -0.39 is 41.7 Å². The molecule has 62 heavy (non-hydrogen) atoms. The lowest BCUT2D eigenvalue weighted by Gasteiger charge is -2.24. The maximum Gasteiger partial charge on any atom is 0.333 e. The zero-order chi connectivity index (χ0) is 45.3. The predicted octanol–water partition coefficient (Wildman–Crippen LogP) is 5.22. The second kappa shape index (κ2) is 28.0. The number of Topliss-reactive ketones (excluding diaryl/α,β-unsaturated/α-hetero) is 3. The topological polar surface area (TPSA) is 237 Å². The molecule has 0 unspecified atom stereocenters. The molecule has 0 radical (unpaired) electrons. The number of nitrogens with one attached hydrogen (secondary N) is 3. The predicted molar refractivity (Wildman–Crippen MR) is 228 cm³/mol. The van der Waals surface area contributed by atoms with Gasteiger partial charge in [-0.15, -0.1) is 5.06 Å². The van der Waals surface area contributed by atoms with Gasteiger partial charge in [0.15, 0.2) is 5.78 Å². The summed E-state index contributed by atoms with van der Waals surface area (Å²) < 4.78 is 0. The van der Waals surface area contributed by atoms with E-state index in [1.165, 1.54) is 0 Å². The van der Waals surface area contributed by atoms with Gasteiger partial charge in [-0.05, 0) is 61.1 Å². The number of imide groups is 1. The summed E-state index contributed by atoms with van der Waals surface area (Å²) in [5, 5.41) is 5.85. The van der Waals surface area contributed by atoms with Crippen molar-refractivity contribution >= 4 is 53.0 Å². The Morgan fingerprint density at radius 3 is 1.92 bits per heavy atom. The Morgan fingerprint density at radius 2 is 1.27 bits per heavy atom. The number of rotatable bonds is 31. The fourth-order valence-corrected chi connectivity index (χ4v) is 6.86. The molecule has 16 nitrogen and oxygen atoms in total. The minimum Gasteiger partial charge on any atom is -0.352 e. The van der Waals surface area contributed by atoms with Crippen LogP contribution in [0, 0.1) is 11.8 Å². The Labute approximate surface area is 363 Å². The molecule has 338 valence electrons. The number of ketones is 3. The zero-order valence-electron chi connectivity index (χ0n) is 36.1. The van der Waals surface area contributed by atoms with Crippen LogP contribution in [-0.2, 0) is 67.5 Å². The van der Waals surface area contributed by atoms with Crippen LogP contribution in [0.2, 0.25) is 0 Å². The zero-order valence-corrected chi connectivity index (χ0v) is 36.1. The van der Waals surface area contributed by atoms with Gasteiger partial charge in [0, 0.05) is 70.3 Å². The van der Waals surface area contributed by atoms with Crippen LogP contribution in [0.25, 0.3) is 0 Å². The number of hydrogen-bond donors (Lipinski definition) is 4. The van der Waals surface area contributed by atoms with E-state index >= 15 is 0 Å². The van der Waals surface area contributed by atoms with Crippen molar-refractivity contribution in [2.45, 2.75) is 142 Å². The summed E-state index contributed by atoms with van der Waals surface area (Å²) in [6.45, 7) is 3.97. The lowest BCUT2D eigenvalue weighted by molar-refractivity contribution is -0.197. The van der Waals surface area contributed by atoms with Crippen LogP contribution < -0.4 is 21.8 Å². The third kappa shape index (κ3) is 20.2. The van der Waals surface area contributed by atoms with Gasteiger partial charge < -0.3 is 21.2 Å². The molecule has 0 aliphatic carbocycles. The SMILES string of the molecule is CC(C)[C@H](CC(=O)CCCCCC(=O)ON1C(=O)CCC1=O)C(=O)N[C@@H](CCCNC(N)=O)C(=O)Cc1ccc(CONC(=O)CCCCCCC(=O)Cc2ccccc2)cc1. The first-order valence-corrected chi connectivity index (χ1v) is 21.7. The molecule has 0 bridgehead atoms. The monoisotopic (exact) mass is 861 g/mol. The summed E-state index contributed by atoms with van der Waals surface area (Å²) >= 11 is 0. The van der Waals surface area contributed by atoms with Gasteiger partial charge in [0.05, 0.1) is 12.6 Å². The molecule has 0 spiro atoms. The minimum absolute atomic E-state index is 0.0106. The van der Waals surface area contributed by atoms with Crippen molar-refractivity contribution in [3.8, 4) is 0 Å². The highest BCUT2D eigenvalue weighted by Crippen LogP contribution is 2.20. The second-order valence-electron chi connectivity index (χ2n) is 16.1. The maximum atomic E-state index is 13.6. The molecule has 6 amide bonds. The van der Waals surface area contributed by atoms with Gasteiger partial charge in [-0.3, -0.25) is 38.4 Å². The molecule has 2 aromatic rings. The number of hydrogen-bond acceptors (Lipinski definition) is 11. The second-order valence-corrected chi connectivity index (χ2v) is 16.1. The van der Waals surface area contributed by atoms with Gasteiger partial charge in [-0.2, -0.15) is 0 Å². The van der Waals surface area contributed by atoms with E-state index in [0.29, 0.717) is 62.0 Å². The standard InChI is InChI=1S/C46H63N5O11/c1-32(2)38(30-37(53)17-10-6-12-20-44(58)62-51-42(56)25-26-43(51)57)45(59)49-39(18-13-27-48-46(47)60)40(54)29-34-21-23-35(24-22-34)31-61-50-41(55)19-11-4-3-9-16-36(52)28-33-14-7-5-8-15-33/h5,7-8,14-15,21-24,32,38-39H,3-4,6,9-13,16-20,25-31H2,1-2H3,(H,49,59)(H,50,55)(H3,47,48,60)/t38-,39-/m0/s1. The summed E-state index contributed by atoms with van der Waals surface area (Å²) in [5.41, 5.74) is 10.1. The van der Waals surface area contributed by atoms with Crippen LogP contribution in [0.4, 0.5) is 4.79 Å². The highest BCUT2D eigenvalue weighted by atomic mass is 16.7. The van der Waals surface area contributed by atoms with Gasteiger partial charge in [0.25, 0.3) is 11.8 Å². The van der Waals surface area contributed by atoms with E-state index in [0.717, 1.165) is 30.4 Å². The fourth-order valence-electron chi connectivity index (χ4n) is 6.86. The van der Waals surface area contributed by atoms with E-state index in [4.69, 9.17) is 15.4 Å². The number of benzene rings is 2. The number of amides is 6. The number of nitrogens with zero attached hydrogens (tertiary/aromatic N) is 1. The van der Waals surface area contributed by atoms with Crippen molar-refractivity contribution < 1.29 is 52.8 Å². The lowest BCUT2D eigenvalue weighted by atomic mass is 9.88. The normalized spacial score (nSPS) is 13.4. The summed E-state index contributed by atoms with van der Waals surface area (Å²) in [6.07, 6.45) is 6.60. The molecule has 2 aromatic carbocycles. The first-order valence-electron chi connectivity index (χ1n) is 21.7. The van der Waals surface area contributed by atoms with Crippen LogP contribution in [-0.4, -0.2) is 70.6 Å². The molecule has 0 aromatic heterocycles. The number of primary amides is 1. The number of carbonyl (C=O) groups excluding carboxylic acids is 9. The number of hydroxylamine groups is 3. The summed E-state index contributed by atoms with van der Waals surface area (Å²) in [7, 11) is 0.